The predicted molar refractivity (Wildman–Crippen MR) is 128 cm³/mol. The summed E-state index contributed by atoms with van der Waals surface area (Å²) in [7, 11) is 0. The Morgan fingerprint density at radius 1 is 1.12 bits per heavy atom. The fourth-order valence-electron chi connectivity index (χ4n) is 3.69. The number of rotatable bonds is 8. The zero-order chi connectivity index (χ0) is 24.2. The van der Waals surface area contributed by atoms with Crippen molar-refractivity contribution in [3.05, 3.63) is 77.2 Å². The number of halogens is 1. The highest BCUT2D eigenvalue weighted by Crippen LogP contribution is 2.27. The van der Waals surface area contributed by atoms with Crippen LogP contribution in [0, 0.1) is 19.7 Å². The predicted octanol–water partition coefficient (Wildman–Crippen LogP) is 4.66. The van der Waals surface area contributed by atoms with E-state index in [9.17, 15) is 9.18 Å². The molecule has 4 rings (SSSR count). The number of nitrogens with one attached hydrogen (secondary N) is 1. The Bertz CT molecular complexity index is 1320. The van der Waals surface area contributed by atoms with E-state index >= 15 is 0 Å². The van der Waals surface area contributed by atoms with Gasteiger partial charge in [-0.1, -0.05) is 18.2 Å². The van der Waals surface area contributed by atoms with Gasteiger partial charge in [-0.25, -0.2) is 9.07 Å². The fraction of sp³-hybridized carbons (Fsp3) is 0.269. The second-order valence-electron chi connectivity index (χ2n) is 8.33. The number of aromatic nitrogens is 3. The van der Waals surface area contributed by atoms with E-state index < -0.39 is 0 Å². The maximum absolute atomic E-state index is 13.8. The second kappa shape index (κ2) is 9.91. The molecular weight excluding hydrogens is 435 g/mol. The topological polar surface area (TPSA) is 78.3 Å². The van der Waals surface area contributed by atoms with Gasteiger partial charge in [0.2, 0.25) is 5.88 Å². The molecule has 0 fully saturated rings. The van der Waals surface area contributed by atoms with Crippen LogP contribution in [0.5, 0.6) is 11.6 Å². The van der Waals surface area contributed by atoms with Crippen molar-refractivity contribution in [2.75, 3.05) is 6.61 Å². The van der Waals surface area contributed by atoms with Gasteiger partial charge in [0.15, 0.2) is 12.3 Å². The van der Waals surface area contributed by atoms with Gasteiger partial charge in [-0.05, 0) is 69.2 Å². The van der Waals surface area contributed by atoms with Crippen LogP contribution < -0.4 is 14.8 Å². The molecular formula is C26H27FN4O3. The maximum atomic E-state index is 13.8. The molecule has 1 N–H and O–H groups in total. The van der Waals surface area contributed by atoms with E-state index in [4.69, 9.17) is 9.47 Å². The number of nitrogens with zero attached hydrogens (tertiary/aromatic N) is 3. The first-order chi connectivity index (χ1) is 16.3. The van der Waals surface area contributed by atoms with Gasteiger partial charge in [0.05, 0.1) is 17.5 Å². The van der Waals surface area contributed by atoms with Crippen LogP contribution in [-0.4, -0.2) is 33.4 Å². The average molecular weight is 463 g/mol. The van der Waals surface area contributed by atoms with E-state index in [0.29, 0.717) is 23.8 Å². The van der Waals surface area contributed by atoms with Crippen molar-refractivity contribution in [1.82, 2.24) is 20.1 Å². The molecule has 7 nitrogen and oxygen atoms in total. The van der Waals surface area contributed by atoms with Crippen molar-refractivity contribution in [1.29, 1.82) is 0 Å². The number of amides is 1. The van der Waals surface area contributed by atoms with Crippen molar-refractivity contribution in [3.63, 3.8) is 0 Å². The average Bonchev–Trinajstić information content (AvgIpc) is 3.13. The molecule has 2 aromatic heterocycles. The van der Waals surface area contributed by atoms with Crippen molar-refractivity contribution >= 4 is 16.9 Å². The first kappa shape index (κ1) is 23.2. The van der Waals surface area contributed by atoms with E-state index in [1.807, 2.05) is 52.0 Å². The van der Waals surface area contributed by atoms with Crippen molar-refractivity contribution < 1.29 is 18.7 Å². The van der Waals surface area contributed by atoms with Crippen LogP contribution in [0.2, 0.25) is 0 Å². The second-order valence-corrected chi connectivity index (χ2v) is 8.33. The van der Waals surface area contributed by atoms with Gasteiger partial charge in [-0.15, -0.1) is 0 Å². The minimum Gasteiger partial charge on any atom is -0.491 e. The van der Waals surface area contributed by atoms with Crippen LogP contribution in [0.15, 0.2) is 54.6 Å². The number of fused-ring (bicyclic) bond motifs is 1. The largest absolute Gasteiger partial charge is 0.491 e. The number of carbonyl (C=O) groups is 1. The summed E-state index contributed by atoms with van der Waals surface area (Å²) in [6.45, 7) is 7.94. The lowest BCUT2D eigenvalue weighted by Crippen LogP contribution is -2.28. The summed E-state index contributed by atoms with van der Waals surface area (Å²) in [5, 5.41) is 8.23. The van der Waals surface area contributed by atoms with E-state index in [2.05, 4.69) is 15.4 Å². The molecule has 1 amide bonds. The Hall–Kier alpha value is -3.94. The Morgan fingerprint density at radius 2 is 1.88 bits per heavy atom. The van der Waals surface area contributed by atoms with Crippen molar-refractivity contribution in [2.24, 2.45) is 0 Å². The quantitative estimate of drug-likeness (QED) is 0.412. The van der Waals surface area contributed by atoms with Gasteiger partial charge in [0, 0.05) is 18.0 Å². The van der Waals surface area contributed by atoms with Gasteiger partial charge >= 0.3 is 0 Å². The number of carbonyl (C=O) groups excluding carboxylic acids is 1. The lowest BCUT2D eigenvalue weighted by molar-refractivity contribution is -0.123. The minimum absolute atomic E-state index is 0.107. The summed E-state index contributed by atoms with van der Waals surface area (Å²) in [6, 6.07) is 15.5. The molecule has 0 aliphatic heterocycles. The highest BCUT2D eigenvalue weighted by molar-refractivity contribution is 5.84. The lowest BCUT2D eigenvalue weighted by Gasteiger charge is -2.11. The molecule has 8 heteroatoms. The van der Waals surface area contributed by atoms with Gasteiger partial charge in [-0.3, -0.25) is 4.79 Å². The molecule has 4 aromatic rings. The minimum atomic E-state index is -0.360. The highest BCUT2D eigenvalue weighted by Gasteiger charge is 2.16. The summed E-state index contributed by atoms with van der Waals surface area (Å²) < 4.78 is 26.6. The Morgan fingerprint density at radius 3 is 2.59 bits per heavy atom. The summed E-state index contributed by atoms with van der Waals surface area (Å²) in [5.74, 6) is 0.462. The van der Waals surface area contributed by atoms with E-state index in [0.717, 1.165) is 28.0 Å². The zero-order valence-electron chi connectivity index (χ0n) is 19.6. The molecule has 0 bridgehead atoms. The standard InChI is InChI=1S/C26H27FN4O3/c1-16(2)34-22-10-8-19(9-11-22)14-28-23(32)15-33-24-12-17(3)25-18(4)30-31(26(25)29-24)21-7-5-6-20(27)13-21/h5-13,16H,14-15H2,1-4H3,(H,28,32). The van der Waals surface area contributed by atoms with Crippen LogP contribution in [-0.2, 0) is 11.3 Å². The van der Waals surface area contributed by atoms with Crippen molar-refractivity contribution in [3.8, 4) is 17.3 Å². The molecule has 0 aliphatic carbocycles. The van der Waals surface area contributed by atoms with Gasteiger partial charge in [0.1, 0.15) is 11.6 Å². The number of aryl methyl sites for hydroxylation is 2. The summed E-state index contributed by atoms with van der Waals surface area (Å²) >= 11 is 0. The zero-order valence-corrected chi connectivity index (χ0v) is 19.6. The molecule has 0 aliphatic rings. The molecule has 34 heavy (non-hydrogen) atoms. The monoisotopic (exact) mass is 462 g/mol. The molecule has 0 unspecified atom stereocenters. The molecule has 176 valence electrons. The third kappa shape index (κ3) is 5.33. The van der Waals surface area contributed by atoms with Crippen LogP contribution in [0.1, 0.15) is 30.7 Å². The van der Waals surface area contributed by atoms with Gasteiger partial charge in [0.25, 0.3) is 5.91 Å². The SMILES string of the molecule is Cc1cc(OCC(=O)NCc2ccc(OC(C)C)cc2)nc2c1c(C)nn2-c1cccc(F)c1. The number of hydrogen-bond acceptors (Lipinski definition) is 5. The Kier molecular flexibility index (Phi) is 6.77. The number of ether oxygens (including phenoxy) is 2. The fourth-order valence-corrected chi connectivity index (χ4v) is 3.69. The maximum Gasteiger partial charge on any atom is 0.258 e. The lowest BCUT2D eigenvalue weighted by atomic mass is 10.2. The molecule has 2 heterocycles. The highest BCUT2D eigenvalue weighted by atomic mass is 19.1. The third-order valence-electron chi connectivity index (χ3n) is 5.18. The normalized spacial score (nSPS) is 11.1. The first-order valence-electron chi connectivity index (χ1n) is 11.1. The molecule has 0 radical (unpaired) electrons. The van der Waals surface area contributed by atoms with Crippen LogP contribution >= 0.6 is 0 Å². The summed E-state index contributed by atoms with van der Waals surface area (Å²) in [5.41, 5.74) is 3.74. The smallest absolute Gasteiger partial charge is 0.258 e. The Labute approximate surface area is 197 Å². The van der Waals surface area contributed by atoms with Crippen LogP contribution in [0.3, 0.4) is 0 Å². The summed E-state index contributed by atoms with van der Waals surface area (Å²) in [6.07, 6.45) is 0.107. The van der Waals surface area contributed by atoms with E-state index in [1.54, 1.807) is 22.9 Å². The number of pyridine rings is 1. The number of hydrogen-bond donors (Lipinski definition) is 1. The first-order valence-corrected chi connectivity index (χ1v) is 11.1. The number of benzene rings is 2. The molecule has 0 saturated carbocycles. The Balaban J connectivity index is 1.43. The third-order valence-corrected chi connectivity index (χ3v) is 5.18. The molecule has 0 spiro atoms. The molecule has 0 atom stereocenters. The molecule has 2 aromatic carbocycles. The van der Waals surface area contributed by atoms with Gasteiger partial charge < -0.3 is 14.8 Å². The van der Waals surface area contributed by atoms with Gasteiger partial charge in [-0.2, -0.15) is 10.1 Å². The molecule has 0 saturated heterocycles. The van der Waals surface area contributed by atoms with E-state index in [-0.39, 0.29) is 24.4 Å². The summed E-state index contributed by atoms with van der Waals surface area (Å²) in [4.78, 5) is 16.9. The van der Waals surface area contributed by atoms with Crippen molar-refractivity contribution in [2.45, 2.75) is 40.3 Å². The van der Waals surface area contributed by atoms with Crippen LogP contribution in [0.4, 0.5) is 4.39 Å². The van der Waals surface area contributed by atoms with Crippen LogP contribution in [0.25, 0.3) is 16.7 Å². The van der Waals surface area contributed by atoms with E-state index in [1.165, 1.54) is 12.1 Å².